The number of carbonyl (C=O) groups is 1. The molecule has 0 aromatic heterocycles. The van der Waals surface area contributed by atoms with Crippen molar-refractivity contribution in [3.05, 3.63) is 12.2 Å². The fourth-order valence-corrected chi connectivity index (χ4v) is 1.36. The summed E-state index contributed by atoms with van der Waals surface area (Å²) in [4.78, 5) is 12.9. The normalized spacial score (nSPS) is 19.7. The maximum atomic E-state index is 11.0. The molecule has 0 aromatic carbocycles. The molecule has 0 unspecified atom stereocenters. The molecule has 0 N–H and O–H groups in total. The van der Waals surface area contributed by atoms with Crippen LogP contribution in [0, 0.1) is 0 Å². The summed E-state index contributed by atoms with van der Waals surface area (Å²) in [5, 5.41) is 0. The lowest BCUT2D eigenvalue weighted by atomic mass is 10.1. The highest BCUT2D eigenvalue weighted by Gasteiger charge is 2.12. The molecule has 0 saturated carbocycles. The Kier molecular flexibility index (Phi) is 2.69. The second kappa shape index (κ2) is 3.56. The molecule has 1 saturated heterocycles. The summed E-state index contributed by atoms with van der Waals surface area (Å²) in [5.74, 6) is 0.194. The van der Waals surface area contributed by atoms with Gasteiger partial charge in [-0.15, -0.1) is 0 Å². The van der Waals surface area contributed by atoms with Gasteiger partial charge in [0, 0.05) is 20.0 Å². The average Bonchev–Trinajstić information content (AvgIpc) is 2.13. The molecular formula is C9H15NO. The molecule has 1 fully saturated rings. The van der Waals surface area contributed by atoms with Crippen LogP contribution in [-0.4, -0.2) is 23.9 Å². The van der Waals surface area contributed by atoms with Crippen LogP contribution < -0.4 is 0 Å². The molecule has 0 atom stereocenters. The molecule has 1 heterocycles. The van der Waals surface area contributed by atoms with E-state index in [1.165, 1.54) is 5.57 Å². The van der Waals surface area contributed by atoms with Gasteiger partial charge in [-0.25, -0.2) is 0 Å². The molecule has 0 aliphatic carbocycles. The Labute approximate surface area is 67.9 Å². The van der Waals surface area contributed by atoms with Crippen LogP contribution in [0.15, 0.2) is 12.2 Å². The molecule has 0 bridgehead atoms. The maximum absolute atomic E-state index is 11.0. The first kappa shape index (κ1) is 8.31. The van der Waals surface area contributed by atoms with Crippen molar-refractivity contribution >= 4 is 5.91 Å². The van der Waals surface area contributed by atoms with Gasteiger partial charge >= 0.3 is 0 Å². The summed E-state index contributed by atoms with van der Waals surface area (Å²) in [6, 6.07) is 0. The van der Waals surface area contributed by atoms with Gasteiger partial charge in [0.25, 0.3) is 0 Å². The minimum atomic E-state index is 0.194. The lowest BCUT2D eigenvalue weighted by Crippen LogP contribution is -2.29. The fraction of sp³-hybridized carbons (Fsp3) is 0.667. The first-order chi connectivity index (χ1) is 5.20. The van der Waals surface area contributed by atoms with E-state index in [1.807, 2.05) is 4.90 Å². The van der Waals surface area contributed by atoms with Crippen molar-refractivity contribution in [1.82, 2.24) is 4.90 Å². The molecular weight excluding hydrogens is 138 g/mol. The summed E-state index contributed by atoms with van der Waals surface area (Å²) in [6.45, 7) is 7.34. The van der Waals surface area contributed by atoms with Gasteiger partial charge in [0.1, 0.15) is 0 Å². The van der Waals surface area contributed by atoms with E-state index >= 15 is 0 Å². The van der Waals surface area contributed by atoms with E-state index < -0.39 is 0 Å². The van der Waals surface area contributed by atoms with E-state index in [4.69, 9.17) is 0 Å². The van der Waals surface area contributed by atoms with Gasteiger partial charge in [-0.3, -0.25) is 4.79 Å². The van der Waals surface area contributed by atoms with Crippen LogP contribution in [0.2, 0.25) is 0 Å². The van der Waals surface area contributed by atoms with Gasteiger partial charge < -0.3 is 4.90 Å². The average molecular weight is 153 g/mol. The highest BCUT2D eigenvalue weighted by Crippen LogP contribution is 2.13. The minimum Gasteiger partial charge on any atom is -0.343 e. The molecule has 0 aromatic rings. The summed E-state index contributed by atoms with van der Waals surface area (Å²) < 4.78 is 0. The smallest absolute Gasteiger partial charge is 0.219 e. The Balaban J connectivity index is 2.46. The highest BCUT2D eigenvalue weighted by atomic mass is 16.2. The molecule has 1 aliphatic heterocycles. The van der Waals surface area contributed by atoms with Gasteiger partial charge in [0.05, 0.1) is 0 Å². The third kappa shape index (κ3) is 2.37. The van der Waals surface area contributed by atoms with E-state index in [0.29, 0.717) is 0 Å². The molecule has 0 spiro atoms. The first-order valence-corrected chi connectivity index (χ1v) is 4.12. The topological polar surface area (TPSA) is 20.3 Å². The van der Waals surface area contributed by atoms with Crippen LogP contribution in [0.25, 0.3) is 0 Å². The number of rotatable bonds is 0. The molecule has 2 heteroatoms. The molecule has 0 radical (unpaired) electrons. The van der Waals surface area contributed by atoms with E-state index in [-0.39, 0.29) is 5.91 Å². The second-order valence-corrected chi connectivity index (χ2v) is 3.11. The van der Waals surface area contributed by atoms with Crippen LogP contribution in [0.4, 0.5) is 0 Å². The monoisotopic (exact) mass is 153 g/mol. The Morgan fingerprint density at radius 3 is 2.82 bits per heavy atom. The number of nitrogens with zero attached hydrogens (tertiary/aromatic N) is 1. The van der Waals surface area contributed by atoms with Crippen molar-refractivity contribution in [1.29, 1.82) is 0 Å². The van der Waals surface area contributed by atoms with Gasteiger partial charge in [-0.1, -0.05) is 12.2 Å². The lowest BCUT2D eigenvalue weighted by Gasteiger charge is -2.17. The van der Waals surface area contributed by atoms with Gasteiger partial charge in [-0.2, -0.15) is 0 Å². The van der Waals surface area contributed by atoms with E-state index in [2.05, 4.69) is 6.58 Å². The number of carbonyl (C=O) groups excluding carboxylic acids is 1. The van der Waals surface area contributed by atoms with Crippen LogP contribution in [0.5, 0.6) is 0 Å². The number of amides is 1. The molecule has 1 amide bonds. The largest absolute Gasteiger partial charge is 0.343 e. The lowest BCUT2D eigenvalue weighted by molar-refractivity contribution is -0.128. The van der Waals surface area contributed by atoms with Crippen molar-refractivity contribution in [3.63, 3.8) is 0 Å². The van der Waals surface area contributed by atoms with Gasteiger partial charge in [-0.05, 0) is 19.3 Å². The van der Waals surface area contributed by atoms with E-state index in [1.54, 1.807) is 6.92 Å². The van der Waals surface area contributed by atoms with Crippen molar-refractivity contribution in [2.75, 3.05) is 13.1 Å². The van der Waals surface area contributed by atoms with Gasteiger partial charge in [0.2, 0.25) is 5.91 Å². The zero-order valence-corrected chi connectivity index (χ0v) is 7.10. The van der Waals surface area contributed by atoms with Crippen molar-refractivity contribution in [3.8, 4) is 0 Å². The summed E-state index contributed by atoms with van der Waals surface area (Å²) in [6.07, 6.45) is 3.15. The minimum absolute atomic E-state index is 0.194. The summed E-state index contributed by atoms with van der Waals surface area (Å²) in [5.41, 5.74) is 1.29. The van der Waals surface area contributed by atoms with Crippen LogP contribution in [0.1, 0.15) is 26.2 Å². The zero-order valence-electron chi connectivity index (χ0n) is 7.10. The fourth-order valence-electron chi connectivity index (χ4n) is 1.36. The second-order valence-electron chi connectivity index (χ2n) is 3.11. The highest BCUT2D eigenvalue weighted by molar-refractivity contribution is 5.73. The Hall–Kier alpha value is -0.790. The molecule has 2 nitrogen and oxygen atoms in total. The maximum Gasteiger partial charge on any atom is 0.219 e. The van der Waals surface area contributed by atoms with Crippen molar-refractivity contribution in [2.24, 2.45) is 0 Å². The number of hydrogen-bond donors (Lipinski definition) is 0. The standard InChI is InChI=1S/C9H15NO/c1-8-4-3-6-10(7-5-8)9(2)11/h1,3-7H2,2H3. The first-order valence-electron chi connectivity index (χ1n) is 4.12. The summed E-state index contributed by atoms with van der Waals surface area (Å²) >= 11 is 0. The number of hydrogen-bond acceptors (Lipinski definition) is 1. The molecule has 1 rings (SSSR count). The molecule has 1 aliphatic rings. The SMILES string of the molecule is C=C1CCCN(C(C)=O)CC1. The molecule has 11 heavy (non-hydrogen) atoms. The van der Waals surface area contributed by atoms with E-state index in [0.717, 1.165) is 32.4 Å². The van der Waals surface area contributed by atoms with Crippen molar-refractivity contribution < 1.29 is 4.79 Å². The number of likely N-dealkylation sites (tertiary alicyclic amines) is 1. The van der Waals surface area contributed by atoms with Crippen LogP contribution in [-0.2, 0) is 4.79 Å². The Bertz CT molecular complexity index is 174. The van der Waals surface area contributed by atoms with Crippen LogP contribution >= 0.6 is 0 Å². The quantitative estimate of drug-likeness (QED) is 0.484. The van der Waals surface area contributed by atoms with Crippen molar-refractivity contribution in [2.45, 2.75) is 26.2 Å². The predicted octanol–water partition coefficient (Wildman–Crippen LogP) is 1.58. The van der Waals surface area contributed by atoms with Gasteiger partial charge in [0.15, 0.2) is 0 Å². The Morgan fingerprint density at radius 2 is 2.18 bits per heavy atom. The van der Waals surface area contributed by atoms with E-state index in [9.17, 15) is 4.79 Å². The van der Waals surface area contributed by atoms with Crippen LogP contribution in [0.3, 0.4) is 0 Å². The third-order valence-electron chi connectivity index (χ3n) is 2.14. The third-order valence-corrected chi connectivity index (χ3v) is 2.14. The Morgan fingerprint density at radius 1 is 1.45 bits per heavy atom. The summed E-state index contributed by atoms with van der Waals surface area (Å²) in [7, 11) is 0. The molecule has 62 valence electrons. The zero-order chi connectivity index (χ0) is 8.27. The predicted molar refractivity (Wildman–Crippen MR) is 45.2 cm³/mol.